The highest BCUT2D eigenvalue weighted by atomic mass is 32.2. The number of amides is 1. The van der Waals surface area contributed by atoms with Crippen LogP contribution in [-0.4, -0.2) is 60.5 Å². The summed E-state index contributed by atoms with van der Waals surface area (Å²) in [5.74, 6) is 0.444. The van der Waals surface area contributed by atoms with Crippen LogP contribution in [0.1, 0.15) is 33.3 Å². The predicted molar refractivity (Wildman–Crippen MR) is 140 cm³/mol. The second-order valence-corrected chi connectivity index (χ2v) is 11.0. The number of methoxy groups -OCH3 is 1. The molecule has 0 fully saturated rings. The van der Waals surface area contributed by atoms with Crippen LogP contribution in [0.4, 0.5) is 17.3 Å². The smallest absolute Gasteiger partial charge is 0.222 e. The molecule has 3 heterocycles. The second-order valence-electron chi connectivity index (χ2n) is 9.07. The minimum absolute atomic E-state index is 0.178. The van der Waals surface area contributed by atoms with Gasteiger partial charge >= 0.3 is 0 Å². The number of carbonyl (C=O) groups is 1. The molecule has 3 aromatic heterocycles. The fourth-order valence-electron chi connectivity index (χ4n) is 3.17. The van der Waals surface area contributed by atoms with Crippen molar-refractivity contribution in [3.63, 3.8) is 0 Å². The minimum atomic E-state index is -3.66. The Kier molecular flexibility index (Phi) is 8.46. The van der Waals surface area contributed by atoms with Gasteiger partial charge in [0, 0.05) is 62.0 Å². The van der Waals surface area contributed by atoms with Crippen molar-refractivity contribution in [3.05, 3.63) is 48.3 Å². The molecule has 0 aromatic carbocycles. The zero-order valence-electron chi connectivity index (χ0n) is 21.6. The molecule has 0 saturated heterocycles. The zero-order chi connectivity index (χ0) is 27.4. The molecular weight excluding hydrogens is 498 g/mol. The fourth-order valence-corrected chi connectivity index (χ4v) is 3.76. The van der Waals surface area contributed by atoms with Gasteiger partial charge in [-0.25, -0.2) is 18.4 Å². The summed E-state index contributed by atoms with van der Waals surface area (Å²) in [6.45, 7) is 6.71. The van der Waals surface area contributed by atoms with Gasteiger partial charge in [0.25, 0.3) is 0 Å². The summed E-state index contributed by atoms with van der Waals surface area (Å²) in [5.41, 5.74) is 1.10. The first kappa shape index (κ1) is 28.0. The summed E-state index contributed by atoms with van der Waals surface area (Å²) in [7, 11) is -2.11. The van der Waals surface area contributed by atoms with Gasteiger partial charge in [-0.1, -0.05) is 6.07 Å². The summed E-state index contributed by atoms with van der Waals surface area (Å²) in [6, 6.07) is 7.97. The standard InChI is InChI=1S/C25H31N5O6S/c1-15(35-5)14-36-18-9-23(30-24(10-18)37(6,33)34)29-21-11-22(28-16(2)31)27-13-19(21)20-8-7-17(12-26-20)25(3,4)32/h7-13,15,32H,14H2,1-6H3,(H2,27,28,29,30,31). The number of anilines is 3. The fraction of sp³-hybridized carbons (Fsp3) is 0.360. The van der Waals surface area contributed by atoms with Crippen molar-refractivity contribution in [2.45, 2.75) is 44.4 Å². The molecule has 0 bridgehead atoms. The average molecular weight is 530 g/mol. The van der Waals surface area contributed by atoms with Crippen molar-refractivity contribution < 1.29 is 27.8 Å². The lowest BCUT2D eigenvalue weighted by Crippen LogP contribution is -2.16. The molecule has 37 heavy (non-hydrogen) atoms. The van der Waals surface area contributed by atoms with Crippen LogP contribution in [0.3, 0.4) is 0 Å². The van der Waals surface area contributed by atoms with Crippen molar-refractivity contribution in [2.24, 2.45) is 0 Å². The van der Waals surface area contributed by atoms with Crippen LogP contribution in [0, 0.1) is 0 Å². The molecule has 0 aliphatic heterocycles. The van der Waals surface area contributed by atoms with E-state index in [2.05, 4.69) is 25.6 Å². The number of carbonyl (C=O) groups excluding carboxylic acids is 1. The number of sulfone groups is 1. The van der Waals surface area contributed by atoms with E-state index in [4.69, 9.17) is 9.47 Å². The molecule has 0 aliphatic carbocycles. The van der Waals surface area contributed by atoms with Gasteiger partial charge in [0.15, 0.2) is 14.9 Å². The Morgan fingerprint density at radius 1 is 1.14 bits per heavy atom. The van der Waals surface area contributed by atoms with Gasteiger partial charge in [-0.15, -0.1) is 0 Å². The number of nitrogens with one attached hydrogen (secondary N) is 2. The Hall–Kier alpha value is -3.61. The number of rotatable bonds is 10. The largest absolute Gasteiger partial charge is 0.491 e. The van der Waals surface area contributed by atoms with Gasteiger partial charge in [0.05, 0.1) is 23.1 Å². The third-order valence-electron chi connectivity index (χ3n) is 5.26. The molecule has 3 N–H and O–H groups in total. The van der Waals surface area contributed by atoms with E-state index >= 15 is 0 Å². The Bertz CT molecular complexity index is 1370. The van der Waals surface area contributed by atoms with E-state index in [1.807, 2.05) is 6.92 Å². The highest BCUT2D eigenvalue weighted by Crippen LogP contribution is 2.32. The number of hydrogen-bond acceptors (Lipinski definition) is 10. The molecule has 3 aromatic rings. The Labute approximate surface area is 216 Å². The first-order valence-electron chi connectivity index (χ1n) is 11.4. The zero-order valence-corrected chi connectivity index (χ0v) is 22.4. The summed E-state index contributed by atoms with van der Waals surface area (Å²) < 4.78 is 35.5. The molecular formula is C25H31N5O6S. The second kappa shape index (κ2) is 11.2. The van der Waals surface area contributed by atoms with Crippen molar-refractivity contribution >= 4 is 33.1 Å². The first-order valence-corrected chi connectivity index (χ1v) is 13.3. The minimum Gasteiger partial charge on any atom is -0.491 e. The molecule has 1 unspecified atom stereocenters. The van der Waals surface area contributed by atoms with Crippen LogP contribution in [0.5, 0.6) is 5.75 Å². The maximum absolute atomic E-state index is 12.3. The molecule has 12 heteroatoms. The number of hydrogen-bond donors (Lipinski definition) is 3. The van der Waals surface area contributed by atoms with E-state index in [9.17, 15) is 18.3 Å². The molecule has 0 radical (unpaired) electrons. The van der Waals surface area contributed by atoms with Crippen LogP contribution in [0.2, 0.25) is 0 Å². The summed E-state index contributed by atoms with van der Waals surface area (Å²) in [4.78, 5) is 24.6. The Morgan fingerprint density at radius 2 is 1.86 bits per heavy atom. The highest BCUT2D eigenvalue weighted by molar-refractivity contribution is 7.90. The quantitative estimate of drug-likeness (QED) is 0.357. The number of aromatic nitrogens is 3. The molecule has 3 rings (SSSR count). The normalized spacial score (nSPS) is 12.6. The maximum atomic E-state index is 12.3. The van der Waals surface area contributed by atoms with Gasteiger partial charge in [-0.2, -0.15) is 0 Å². The molecule has 0 saturated carbocycles. The third kappa shape index (κ3) is 7.68. The molecule has 1 amide bonds. The molecule has 11 nitrogen and oxygen atoms in total. The predicted octanol–water partition coefficient (Wildman–Crippen LogP) is 3.29. The van der Waals surface area contributed by atoms with Gasteiger partial charge in [-0.05, 0) is 26.8 Å². The maximum Gasteiger partial charge on any atom is 0.222 e. The Morgan fingerprint density at radius 3 is 2.43 bits per heavy atom. The number of aliphatic hydroxyl groups is 1. The van der Waals surface area contributed by atoms with Crippen LogP contribution in [-0.2, 0) is 25.0 Å². The molecule has 1 atom stereocenters. The summed E-state index contributed by atoms with van der Waals surface area (Å²) in [6.07, 6.45) is 3.93. The van der Waals surface area contributed by atoms with E-state index in [0.29, 0.717) is 22.5 Å². The van der Waals surface area contributed by atoms with Crippen molar-refractivity contribution in [1.29, 1.82) is 0 Å². The number of pyridine rings is 3. The van der Waals surface area contributed by atoms with Crippen molar-refractivity contribution in [2.75, 3.05) is 30.6 Å². The van der Waals surface area contributed by atoms with Gasteiger partial charge < -0.3 is 25.2 Å². The van der Waals surface area contributed by atoms with Gasteiger partial charge in [0.2, 0.25) is 5.91 Å². The van der Waals surface area contributed by atoms with Gasteiger partial charge in [0.1, 0.15) is 24.0 Å². The third-order valence-corrected chi connectivity index (χ3v) is 6.23. The highest BCUT2D eigenvalue weighted by Gasteiger charge is 2.19. The van der Waals surface area contributed by atoms with E-state index in [0.717, 1.165) is 6.26 Å². The van der Waals surface area contributed by atoms with Crippen LogP contribution >= 0.6 is 0 Å². The van der Waals surface area contributed by atoms with Crippen LogP contribution < -0.4 is 15.4 Å². The summed E-state index contributed by atoms with van der Waals surface area (Å²) >= 11 is 0. The van der Waals surface area contributed by atoms with Crippen molar-refractivity contribution in [3.8, 4) is 17.0 Å². The Balaban J connectivity index is 2.07. The van der Waals surface area contributed by atoms with E-state index in [1.54, 1.807) is 51.4 Å². The molecule has 198 valence electrons. The average Bonchev–Trinajstić information content (AvgIpc) is 2.81. The number of nitrogens with zero attached hydrogens (tertiary/aromatic N) is 3. The van der Waals surface area contributed by atoms with Gasteiger partial charge in [-0.3, -0.25) is 9.78 Å². The molecule has 0 spiro atoms. The molecule has 0 aliphatic rings. The van der Waals surface area contributed by atoms with Crippen LogP contribution in [0.25, 0.3) is 11.3 Å². The lowest BCUT2D eigenvalue weighted by atomic mass is 9.99. The van der Waals surface area contributed by atoms with E-state index in [-0.39, 0.29) is 41.0 Å². The van der Waals surface area contributed by atoms with Crippen LogP contribution in [0.15, 0.2) is 47.8 Å². The lowest BCUT2D eigenvalue weighted by molar-refractivity contribution is -0.114. The summed E-state index contributed by atoms with van der Waals surface area (Å²) in [5, 5.41) is 15.8. The van der Waals surface area contributed by atoms with E-state index < -0.39 is 15.4 Å². The monoisotopic (exact) mass is 529 g/mol. The lowest BCUT2D eigenvalue weighted by Gasteiger charge is -2.18. The van der Waals surface area contributed by atoms with E-state index in [1.165, 1.54) is 19.2 Å². The first-order chi connectivity index (χ1) is 17.3. The SMILES string of the molecule is COC(C)COc1cc(Nc2cc(NC(C)=O)ncc2-c2ccc(C(C)(C)O)cn2)nc(S(C)(=O)=O)c1. The number of ether oxygens (including phenoxy) is 2. The van der Waals surface area contributed by atoms with Crippen molar-refractivity contribution in [1.82, 2.24) is 15.0 Å². The topological polar surface area (TPSA) is 153 Å².